The Morgan fingerprint density at radius 2 is 1.97 bits per heavy atom. The lowest BCUT2D eigenvalue weighted by Gasteiger charge is -2.21. The van der Waals surface area contributed by atoms with E-state index in [9.17, 15) is 17.6 Å². The van der Waals surface area contributed by atoms with Gasteiger partial charge in [-0.15, -0.1) is 0 Å². The number of nitrogens with zero attached hydrogens (tertiary/aromatic N) is 5. The van der Waals surface area contributed by atoms with Crippen molar-refractivity contribution in [3.8, 4) is 16.9 Å². The number of aromatic nitrogens is 4. The first kappa shape index (κ1) is 25.4. The second kappa shape index (κ2) is 9.56. The van der Waals surface area contributed by atoms with Crippen LogP contribution in [-0.4, -0.2) is 63.9 Å². The number of hydrogen-bond acceptors (Lipinski definition) is 7. The second-order valence-electron chi connectivity index (χ2n) is 9.42. The first-order valence-electron chi connectivity index (χ1n) is 11.9. The highest BCUT2D eigenvalue weighted by molar-refractivity contribution is 6.05. The van der Waals surface area contributed by atoms with Crippen LogP contribution >= 0.6 is 0 Å². The molecule has 12 heteroatoms. The van der Waals surface area contributed by atoms with Gasteiger partial charge in [-0.2, -0.15) is 8.78 Å². The van der Waals surface area contributed by atoms with Gasteiger partial charge in [0.15, 0.2) is 0 Å². The standard InChI is InChI=1S/C25H27F4N5O3/c1-13(11-36-24(26)27)34-21(10-33-6-5-25(28,29)12-33)31-19-9-30-18-7-17(22-14(2)32-37-15(22)3)20(35-4)8-16(18)23(19)34/h7-9,13,24H,5-6,10-12H2,1-4H3. The molecule has 0 radical (unpaired) electrons. The van der Waals surface area contributed by atoms with E-state index in [0.717, 1.165) is 11.1 Å². The summed E-state index contributed by atoms with van der Waals surface area (Å²) in [6.07, 6.45) is 1.37. The molecule has 0 amide bonds. The number of methoxy groups -OCH3 is 1. The number of ether oxygens (including phenoxy) is 2. The maximum Gasteiger partial charge on any atom is 0.345 e. The van der Waals surface area contributed by atoms with Gasteiger partial charge in [0.1, 0.15) is 22.9 Å². The maximum atomic E-state index is 13.9. The fourth-order valence-corrected chi connectivity index (χ4v) is 5.10. The number of rotatable bonds is 8. The molecule has 0 bridgehead atoms. The molecule has 5 rings (SSSR count). The monoisotopic (exact) mass is 521 g/mol. The molecule has 8 nitrogen and oxygen atoms in total. The van der Waals surface area contributed by atoms with Crippen LogP contribution in [0.2, 0.25) is 0 Å². The Labute approximate surface area is 210 Å². The second-order valence-corrected chi connectivity index (χ2v) is 9.42. The highest BCUT2D eigenvalue weighted by Gasteiger charge is 2.38. The Morgan fingerprint density at radius 1 is 1.19 bits per heavy atom. The van der Waals surface area contributed by atoms with Crippen molar-refractivity contribution in [3.05, 3.63) is 35.6 Å². The molecule has 4 aromatic rings. The van der Waals surface area contributed by atoms with Crippen LogP contribution in [0.3, 0.4) is 0 Å². The molecular weight excluding hydrogens is 494 g/mol. The predicted octanol–water partition coefficient (Wildman–Crippen LogP) is 5.51. The lowest BCUT2D eigenvalue weighted by atomic mass is 10.0. The van der Waals surface area contributed by atoms with E-state index < -0.39 is 18.6 Å². The topological polar surface area (TPSA) is 78.4 Å². The molecule has 0 saturated carbocycles. The molecule has 37 heavy (non-hydrogen) atoms. The van der Waals surface area contributed by atoms with Crippen molar-refractivity contribution in [1.82, 2.24) is 24.6 Å². The molecule has 0 aliphatic carbocycles. The van der Waals surface area contributed by atoms with Crippen molar-refractivity contribution >= 4 is 21.9 Å². The highest BCUT2D eigenvalue weighted by Crippen LogP contribution is 2.40. The Kier molecular flexibility index (Phi) is 6.57. The number of fused-ring (bicyclic) bond motifs is 3. The average Bonchev–Trinajstić information content (AvgIpc) is 3.50. The molecule has 0 N–H and O–H groups in total. The first-order chi connectivity index (χ1) is 17.6. The van der Waals surface area contributed by atoms with E-state index in [1.54, 1.807) is 29.7 Å². The van der Waals surface area contributed by atoms with E-state index in [1.165, 1.54) is 0 Å². The van der Waals surface area contributed by atoms with Gasteiger partial charge < -0.3 is 18.6 Å². The predicted molar refractivity (Wildman–Crippen MR) is 128 cm³/mol. The Morgan fingerprint density at radius 3 is 2.59 bits per heavy atom. The van der Waals surface area contributed by atoms with E-state index in [2.05, 4.69) is 19.9 Å². The van der Waals surface area contributed by atoms with Crippen LogP contribution in [-0.2, 0) is 11.3 Å². The summed E-state index contributed by atoms with van der Waals surface area (Å²) in [5, 5.41) is 4.71. The van der Waals surface area contributed by atoms with E-state index >= 15 is 0 Å². The zero-order valence-corrected chi connectivity index (χ0v) is 20.9. The number of pyridine rings is 1. The number of halogens is 4. The van der Waals surface area contributed by atoms with Crippen LogP contribution in [0.15, 0.2) is 22.9 Å². The van der Waals surface area contributed by atoms with Gasteiger partial charge >= 0.3 is 6.61 Å². The molecule has 1 saturated heterocycles. The fraction of sp³-hybridized carbons (Fsp3) is 0.480. The largest absolute Gasteiger partial charge is 0.496 e. The van der Waals surface area contributed by atoms with Gasteiger partial charge in [0, 0.05) is 23.9 Å². The number of aryl methyl sites for hydroxylation is 2. The third kappa shape index (κ3) is 4.75. The summed E-state index contributed by atoms with van der Waals surface area (Å²) < 4.78 is 70.9. The summed E-state index contributed by atoms with van der Waals surface area (Å²) in [5.41, 5.74) is 4.01. The normalized spacial score (nSPS) is 16.9. The molecule has 198 valence electrons. The van der Waals surface area contributed by atoms with Crippen LogP contribution in [0.1, 0.15) is 36.7 Å². The van der Waals surface area contributed by atoms with Crippen molar-refractivity contribution in [3.63, 3.8) is 0 Å². The van der Waals surface area contributed by atoms with E-state index in [0.29, 0.717) is 45.0 Å². The van der Waals surface area contributed by atoms with Crippen molar-refractivity contribution in [1.29, 1.82) is 0 Å². The molecule has 3 aromatic heterocycles. The van der Waals surface area contributed by atoms with Gasteiger partial charge in [-0.1, -0.05) is 5.16 Å². The van der Waals surface area contributed by atoms with Gasteiger partial charge in [-0.05, 0) is 32.9 Å². The summed E-state index contributed by atoms with van der Waals surface area (Å²) >= 11 is 0. The van der Waals surface area contributed by atoms with Crippen molar-refractivity contribution in [2.75, 3.05) is 26.8 Å². The molecule has 1 aromatic carbocycles. The lowest BCUT2D eigenvalue weighted by Crippen LogP contribution is -2.27. The van der Waals surface area contributed by atoms with Crippen molar-refractivity contribution in [2.24, 2.45) is 0 Å². The highest BCUT2D eigenvalue weighted by atomic mass is 19.3. The van der Waals surface area contributed by atoms with Crippen LogP contribution in [0.5, 0.6) is 5.75 Å². The maximum absolute atomic E-state index is 13.9. The van der Waals surface area contributed by atoms with Gasteiger partial charge in [0.25, 0.3) is 5.92 Å². The molecular formula is C25H27F4N5O3. The molecule has 4 heterocycles. The third-order valence-corrected chi connectivity index (χ3v) is 6.73. The zero-order valence-electron chi connectivity index (χ0n) is 20.9. The quantitative estimate of drug-likeness (QED) is 0.283. The summed E-state index contributed by atoms with van der Waals surface area (Å²) in [4.78, 5) is 10.9. The number of benzene rings is 1. The van der Waals surface area contributed by atoms with E-state index in [1.807, 2.05) is 26.0 Å². The summed E-state index contributed by atoms with van der Waals surface area (Å²) in [5.74, 6) is -1.12. The first-order valence-corrected chi connectivity index (χ1v) is 11.9. The Balaban J connectivity index is 1.69. The zero-order chi connectivity index (χ0) is 26.5. The smallest absolute Gasteiger partial charge is 0.345 e. The van der Waals surface area contributed by atoms with Crippen LogP contribution in [0.4, 0.5) is 17.6 Å². The molecule has 1 atom stereocenters. The molecule has 0 spiro atoms. The minimum Gasteiger partial charge on any atom is -0.496 e. The SMILES string of the molecule is COc1cc2c(cc1-c1c(C)noc1C)ncc1nc(CN3CCC(F)(F)C3)n(C(C)COC(F)F)c12. The molecule has 1 aliphatic heterocycles. The number of hydrogen-bond donors (Lipinski definition) is 0. The third-order valence-electron chi connectivity index (χ3n) is 6.73. The van der Waals surface area contributed by atoms with Crippen LogP contribution < -0.4 is 4.74 Å². The summed E-state index contributed by atoms with van der Waals surface area (Å²) in [6, 6.07) is 3.12. The van der Waals surface area contributed by atoms with Gasteiger partial charge in [-0.3, -0.25) is 9.88 Å². The fourth-order valence-electron chi connectivity index (χ4n) is 5.10. The number of likely N-dealkylation sites (tertiary alicyclic amines) is 1. The molecule has 1 aliphatic rings. The van der Waals surface area contributed by atoms with Gasteiger partial charge in [-0.25, -0.2) is 13.8 Å². The molecule has 1 fully saturated rings. The van der Waals surface area contributed by atoms with E-state index in [4.69, 9.17) is 9.26 Å². The molecule has 1 unspecified atom stereocenters. The van der Waals surface area contributed by atoms with E-state index in [-0.39, 0.29) is 32.7 Å². The van der Waals surface area contributed by atoms with Crippen LogP contribution in [0.25, 0.3) is 33.1 Å². The minimum atomic E-state index is -2.94. The van der Waals surface area contributed by atoms with Crippen LogP contribution in [0, 0.1) is 13.8 Å². The Hall–Kier alpha value is -3.25. The Bertz CT molecular complexity index is 1430. The number of imidazole rings is 1. The number of alkyl halides is 4. The van der Waals surface area contributed by atoms with Gasteiger partial charge in [0.2, 0.25) is 0 Å². The summed E-state index contributed by atoms with van der Waals surface area (Å²) in [7, 11) is 1.55. The van der Waals surface area contributed by atoms with Crippen molar-refractivity contribution < 1.29 is 31.6 Å². The summed E-state index contributed by atoms with van der Waals surface area (Å²) in [6.45, 7) is 2.12. The lowest BCUT2D eigenvalue weighted by molar-refractivity contribution is -0.135. The van der Waals surface area contributed by atoms with Crippen molar-refractivity contribution in [2.45, 2.75) is 52.3 Å². The minimum absolute atomic E-state index is 0.138. The average molecular weight is 522 g/mol. The van der Waals surface area contributed by atoms with Gasteiger partial charge in [0.05, 0.1) is 61.3 Å².